The number of ketones is 1. The lowest BCUT2D eigenvalue weighted by Crippen LogP contribution is -2.21. The summed E-state index contributed by atoms with van der Waals surface area (Å²) in [4.78, 5) is 35.8. The smallest absolute Gasteiger partial charge is 0.306 e. The van der Waals surface area contributed by atoms with Gasteiger partial charge in [-0.1, -0.05) is 47.5 Å². The van der Waals surface area contributed by atoms with Gasteiger partial charge < -0.3 is 10.1 Å². The van der Waals surface area contributed by atoms with Crippen LogP contribution in [-0.4, -0.2) is 24.3 Å². The van der Waals surface area contributed by atoms with Crippen molar-refractivity contribution in [2.75, 3.05) is 11.9 Å². The fourth-order valence-corrected chi connectivity index (χ4v) is 2.94. The van der Waals surface area contributed by atoms with Crippen molar-refractivity contribution in [2.24, 2.45) is 0 Å². The van der Waals surface area contributed by atoms with Crippen molar-refractivity contribution < 1.29 is 19.1 Å². The molecular weight excluding hydrogens is 366 g/mol. The van der Waals surface area contributed by atoms with Crippen LogP contribution in [0.1, 0.15) is 39.9 Å². The zero-order valence-electron chi connectivity index (χ0n) is 15.6. The van der Waals surface area contributed by atoms with Crippen molar-refractivity contribution in [2.45, 2.75) is 33.6 Å². The van der Waals surface area contributed by atoms with Crippen LogP contribution >= 0.6 is 11.6 Å². The fraction of sp³-hybridized carbons (Fsp3) is 0.286. The number of hydrogen-bond acceptors (Lipinski definition) is 4. The van der Waals surface area contributed by atoms with Crippen molar-refractivity contribution in [1.29, 1.82) is 0 Å². The Labute approximate surface area is 163 Å². The summed E-state index contributed by atoms with van der Waals surface area (Å²) in [6, 6.07) is 10.8. The lowest BCUT2D eigenvalue weighted by atomic mass is 10.1. The van der Waals surface area contributed by atoms with E-state index in [1.54, 1.807) is 18.2 Å². The number of carbonyl (C=O) groups excluding carboxylic acids is 3. The Kier molecular flexibility index (Phi) is 7.13. The first-order chi connectivity index (χ1) is 12.8. The highest BCUT2D eigenvalue weighted by atomic mass is 35.5. The number of hydrogen-bond donors (Lipinski definition) is 1. The van der Waals surface area contributed by atoms with Crippen molar-refractivity contribution in [1.82, 2.24) is 0 Å². The predicted octanol–water partition coefficient (Wildman–Crippen LogP) is 4.41. The lowest BCUT2D eigenvalue weighted by molar-refractivity contribution is -0.147. The van der Waals surface area contributed by atoms with E-state index in [0.29, 0.717) is 16.3 Å². The topological polar surface area (TPSA) is 72.5 Å². The molecule has 5 nitrogen and oxygen atoms in total. The monoisotopic (exact) mass is 387 g/mol. The molecule has 2 rings (SSSR count). The molecule has 0 radical (unpaired) electrons. The third-order valence-electron chi connectivity index (χ3n) is 3.99. The van der Waals surface area contributed by atoms with Gasteiger partial charge in [-0.2, -0.15) is 0 Å². The van der Waals surface area contributed by atoms with Crippen LogP contribution in [0.15, 0.2) is 36.4 Å². The van der Waals surface area contributed by atoms with Crippen molar-refractivity contribution >= 4 is 34.9 Å². The molecule has 0 aliphatic rings. The Balaban J connectivity index is 1.79. The van der Waals surface area contributed by atoms with Gasteiger partial charge in [0.2, 0.25) is 0 Å². The fourth-order valence-electron chi connectivity index (χ4n) is 2.57. The summed E-state index contributed by atoms with van der Waals surface area (Å²) in [6.07, 6.45) is -0.0449. The average Bonchev–Trinajstić information content (AvgIpc) is 2.61. The number of Topliss-reactive ketones (excluding diaryl/α,β-unsaturated/α-hetero) is 1. The van der Waals surface area contributed by atoms with E-state index in [4.69, 9.17) is 16.3 Å². The Hall–Kier alpha value is -2.66. The second-order valence-electron chi connectivity index (χ2n) is 6.44. The minimum atomic E-state index is -0.600. The standard InChI is InChI=1S/C21H22ClNO4/c1-13-4-6-16(7-5-13)18(24)8-9-20(26)27-12-19(25)23-21-15(3)10-14(2)11-17(21)22/h4-7,10-11H,8-9,12H2,1-3H3,(H,23,25). The average molecular weight is 388 g/mol. The number of halogens is 1. The first-order valence-electron chi connectivity index (χ1n) is 8.58. The molecule has 0 aliphatic carbocycles. The molecule has 0 heterocycles. The number of esters is 1. The van der Waals surface area contributed by atoms with Gasteiger partial charge in [-0.3, -0.25) is 14.4 Å². The highest BCUT2D eigenvalue weighted by Gasteiger charge is 2.14. The number of ether oxygens (including phenoxy) is 1. The van der Waals surface area contributed by atoms with Crippen LogP contribution < -0.4 is 5.32 Å². The third-order valence-corrected chi connectivity index (χ3v) is 4.29. The number of amides is 1. The molecule has 0 atom stereocenters. The second kappa shape index (κ2) is 9.33. The molecule has 0 aliphatic heterocycles. The van der Waals surface area contributed by atoms with Gasteiger partial charge in [0.1, 0.15) is 0 Å². The van der Waals surface area contributed by atoms with Gasteiger partial charge >= 0.3 is 5.97 Å². The molecule has 0 bridgehead atoms. The molecular formula is C21H22ClNO4. The molecule has 0 saturated carbocycles. The maximum absolute atomic E-state index is 12.0. The number of rotatable bonds is 7. The number of nitrogens with one attached hydrogen (secondary N) is 1. The van der Waals surface area contributed by atoms with Gasteiger partial charge in [-0.25, -0.2) is 0 Å². The first-order valence-corrected chi connectivity index (χ1v) is 8.96. The van der Waals surface area contributed by atoms with E-state index in [9.17, 15) is 14.4 Å². The van der Waals surface area contributed by atoms with Gasteiger partial charge in [-0.05, 0) is 38.0 Å². The molecule has 0 spiro atoms. The minimum Gasteiger partial charge on any atom is -0.456 e. The molecule has 0 unspecified atom stereocenters. The molecule has 142 valence electrons. The summed E-state index contributed by atoms with van der Waals surface area (Å²) >= 11 is 6.13. The second-order valence-corrected chi connectivity index (χ2v) is 6.84. The van der Waals surface area contributed by atoms with Crippen LogP contribution in [0.4, 0.5) is 5.69 Å². The minimum absolute atomic E-state index is 0.0341. The first kappa shape index (κ1) is 20.6. The van der Waals surface area contributed by atoms with Gasteiger partial charge in [0.25, 0.3) is 5.91 Å². The molecule has 6 heteroatoms. The molecule has 0 saturated heterocycles. The molecule has 2 aromatic carbocycles. The van der Waals surface area contributed by atoms with Gasteiger partial charge in [0.05, 0.1) is 17.1 Å². The number of carbonyl (C=O) groups is 3. The lowest BCUT2D eigenvalue weighted by Gasteiger charge is -2.11. The highest BCUT2D eigenvalue weighted by Crippen LogP contribution is 2.27. The molecule has 27 heavy (non-hydrogen) atoms. The van der Waals surface area contributed by atoms with Crippen LogP contribution in [0.2, 0.25) is 5.02 Å². The van der Waals surface area contributed by atoms with Gasteiger partial charge in [0.15, 0.2) is 12.4 Å². The van der Waals surface area contributed by atoms with E-state index in [1.165, 1.54) is 0 Å². The van der Waals surface area contributed by atoms with E-state index in [-0.39, 0.29) is 18.6 Å². The van der Waals surface area contributed by atoms with Crippen LogP contribution in [0.3, 0.4) is 0 Å². The highest BCUT2D eigenvalue weighted by molar-refractivity contribution is 6.34. The predicted molar refractivity (Wildman–Crippen MR) is 105 cm³/mol. The summed E-state index contributed by atoms with van der Waals surface area (Å²) in [5, 5.41) is 3.07. The van der Waals surface area contributed by atoms with E-state index < -0.39 is 18.5 Å². The van der Waals surface area contributed by atoms with Crippen molar-refractivity contribution in [3.05, 3.63) is 63.7 Å². The normalized spacial score (nSPS) is 10.4. The summed E-state index contributed by atoms with van der Waals surface area (Å²) in [5.41, 5.74) is 3.91. The van der Waals surface area contributed by atoms with E-state index in [2.05, 4.69) is 5.32 Å². The largest absolute Gasteiger partial charge is 0.456 e. The number of anilines is 1. The summed E-state index contributed by atoms with van der Waals surface area (Å²) < 4.78 is 4.94. The summed E-state index contributed by atoms with van der Waals surface area (Å²) in [7, 11) is 0. The van der Waals surface area contributed by atoms with E-state index in [0.717, 1.165) is 16.7 Å². The molecule has 1 N–H and O–H groups in total. The zero-order valence-corrected chi connectivity index (χ0v) is 16.4. The van der Waals surface area contributed by atoms with Crippen molar-refractivity contribution in [3.63, 3.8) is 0 Å². The molecule has 2 aromatic rings. The maximum atomic E-state index is 12.0. The van der Waals surface area contributed by atoms with E-state index in [1.807, 2.05) is 39.0 Å². The van der Waals surface area contributed by atoms with Crippen LogP contribution in [0, 0.1) is 20.8 Å². The van der Waals surface area contributed by atoms with Gasteiger partial charge in [-0.15, -0.1) is 0 Å². The summed E-state index contributed by atoms with van der Waals surface area (Å²) in [5.74, 6) is -1.22. The molecule has 0 fully saturated rings. The Morgan fingerprint density at radius 3 is 2.26 bits per heavy atom. The third kappa shape index (κ3) is 6.22. The Morgan fingerprint density at radius 1 is 0.963 bits per heavy atom. The quantitative estimate of drug-likeness (QED) is 0.564. The molecule has 0 aromatic heterocycles. The van der Waals surface area contributed by atoms with Crippen molar-refractivity contribution in [3.8, 4) is 0 Å². The number of aryl methyl sites for hydroxylation is 3. The maximum Gasteiger partial charge on any atom is 0.306 e. The van der Waals surface area contributed by atoms with E-state index >= 15 is 0 Å². The van der Waals surface area contributed by atoms with Crippen LogP contribution in [-0.2, 0) is 14.3 Å². The summed E-state index contributed by atoms with van der Waals surface area (Å²) in [6.45, 7) is 5.24. The SMILES string of the molecule is Cc1ccc(C(=O)CCC(=O)OCC(=O)Nc2c(C)cc(C)cc2Cl)cc1. The van der Waals surface area contributed by atoms with Crippen LogP contribution in [0.5, 0.6) is 0 Å². The van der Waals surface area contributed by atoms with Gasteiger partial charge in [0, 0.05) is 12.0 Å². The van der Waals surface area contributed by atoms with Crippen LogP contribution in [0.25, 0.3) is 0 Å². The Bertz CT molecular complexity index is 836. The zero-order chi connectivity index (χ0) is 20.0. The number of benzene rings is 2. The Morgan fingerprint density at radius 2 is 1.63 bits per heavy atom. The molecule has 1 amide bonds.